The second kappa shape index (κ2) is 6.64. The molecule has 0 bridgehead atoms. The molecule has 1 atom stereocenters. The molecule has 3 nitrogen and oxygen atoms in total. The minimum Gasteiger partial charge on any atom is -0.399 e. The highest BCUT2D eigenvalue weighted by Gasteiger charge is 2.15. The van der Waals surface area contributed by atoms with E-state index in [1.165, 1.54) is 11.1 Å². The van der Waals surface area contributed by atoms with E-state index in [1.54, 1.807) is 0 Å². The summed E-state index contributed by atoms with van der Waals surface area (Å²) in [5, 5.41) is 1.99. The SMILES string of the molecule is CCc1c(N(CC)OC(C)CC)ccc(N)c1C. The molecule has 0 saturated carbocycles. The fraction of sp³-hybridized carbons (Fsp3) is 0.600. The molecule has 0 fully saturated rings. The van der Waals surface area contributed by atoms with E-state index >= 15 is 0 Å². The normalized spacial score (nSPS) is 12.5. The summed E-state index contributed by atoms with van der Waals surface area (Å²) in [7, 11) is 0. The summed E-state index contributed by atoms with van der Waals surface area (Å²) < 4.78 is 0. The number of hydrogen-bond acceptors (Lipinski definition) is 3. The van der Waals surface area contributed by atoms with Crippen molar-refractivity contribution in [3.8, 4) is 0 Å². The van der Waals surface area contributed by atoms with Crippen LogP contribution in [0.25, 0.3) is 0 Å². The Balaban J connectivity index is 3.09. The molecule has 1 unspecified atom stereocenters. The third kappa shape index (κ3) is 3.16. The van der Waals surface area contributed by atoms with E-state index in [2.05, 4.69) is 40.7 Å². The second-order valence-corrected chi connectivity index (χ2v) is 4.65. The van der Waals surface area contributed by atoms with Crippen molar-refractivity contribution in [2.24, 2.45) is 0 Å². The maximum absolute atomic E-state index is 5.97. The molecule has 3 heteroatoms. The number of anilines is 2. The molecule has 0 heterocycles. The van der Waals surface area contributed by atoms with Gasteiger partial charge in [-0.25, -0.2) is 0 Å². The van der Waals surface area contributed by atoms with Gasteiger partial charge in [0.05, 0.1) is 11.8 Å². The van der Waals surface area contributed by atoms with Crippen LogP contribution >= 0.6 is 0 Å². The van der Waals surface area contributed by atoms with Crippen molar-refractivity contribution in [1.82, 2.24) is 0 Å². The Morgan fingerprint density at radius 3 is 2.44 bits per heavy atom. The monoisotopic (exact) mass is 250 g/mol. The number of rotatable bonds is 6. The average Bonchev–Trinajstić information content (AvgIpc) is 2.38. The van der Waals surface area contributed by atoms with Gasteiger partial charge in [-0.15, -0.1) is 0 Å². The van der Waals surface area contributed by atoms with E-state index in [0.717, 1.165) is 30.8 Å². The number of hydroxylamine groups is 1. The molecule has 0 aliphatic rings. The fourth-order valence-electron chi connectivity index (χ4n) is 2.03. The number of benzene rings is 1. The van der Waals surface area contributed by atoms with Crippen molar-refractivity contribution in [1.29, 1.82) is 0 Å². The van der Waals surface area contributed by atoms with Crippen molar-refractivity contribution in [3.05, 3.63) is 23.3 Å². The molecular weight excluding hydrogens is 224 g/mol. The predicted octanol–water partition coefficient (Wildman–Crippen LogP) is 3.70. The molecule has 1 rings (SSSR count). The van der Waals surface area contributed by atoms with Gasteiger partial charge in [0, 0.05) is 12.2 Å². The largest absolute Gasteiger partial charge is 0.399 e. The zero-order valence-corrected chi connectivity index (χ0v) is 12.3. The Morgan fingerprint density at radius 1 is 1.28 bits per heavy atom. The van der Waals surface area contributed by atoms with Crippen LogP contribution < -0.4 is 10.8 Å². The van der Waals surface area contributed by atoms with Crippen LogP contribution in [-0.4, -0.2) is 12.6 Å². The first-order valence-electron chi connectivity index (χ1n) is 6.87. The smallest absolute Gasteiger partial charge is 0.0826 e. The summed E-state index contributed by atoms with van der Waals surface area (Å²) in [5.41, 5.74) is 10.4. The van der Waals surface area contributed by atoms with E-state index in [0.29, 0.717) is 0 Å². The maximum Gasteiger partial charge on any atom is 0.0826 e. The maximum atomic E-state index is 5.97. The highest BCUT2D eigenvalue weighted by atomic mass is 16.7. The van der Waals surface area contributed by atoms with Crippen molar-refractivity contribution in [3.63, 3.8) is 0 Å². The summed E-state index contributed by atoms with van der Waals surface area (Å²) in [4.78, 5) is 5.96. The number of nitrogens with zero attached hydrogens (tertiary/aromatic N) is 1. The summed E-state index contributed by atoms with van der Waals surface area (Å²) >= 11 is 0. The van der Waals surface area contributed by atoms with E-state index in [1.807, 2.05) is 11.1 Å². The highest BCUT2D eigenvalue weighted by molar-refractivity contribution is 5.63. The number of hydrogen-bond donors (Lipinski definition) is 1. The van der Waals surface area contributed by atoms with E-state index in [4.69, 9.17) is 10.6 Å². The number of nitrogen functional groups attached to an aromatic ring is 1. The standard InChI is InChI=1S/C15H26N2O/c1-6-11(4)18-17(8-3)15-10-9-14(16)12(5)13(15)7-2/h9-11H,6-8,16H2,1-5H3. The van der Waals surface area contributed by atoms with Gasteiger partial charge < -0.3 is 5.73 Å². The molecule has 0 aliphatic heterocycles. The zero-order chi connectivity index (χ0) is 13.7. The van der Waals surface area contributed by atoms with Gasteiger partial charge in [0.1, 0.15) is 0 Å². The molecule has 0 spiro atoms. The highest BCUT2D eigenvalue weighted by Crippen LogP contribution is 2.29. The quantitative estimate of drug-likeness (QED) is 0.618. The molecule has 1 aromatic carbocycles. The molecule has 0 saturated heterocycles. The third-order valence-corrected chi connectivity index (χ3v) is 3.41. The molecule has 0 aromatic heterocycles. The van der Waals surface area contributed by atoms with Gasteiger partial charge in [-0.1, -0.05) is 13.8 Å². The van der Waals surface area contributed by atoms with E-state index < -0.39 is 0 Å². The Kier molecular flexibility index (Phi) is 5.48. The zero-order valence-electron chi connectivity index (χ0n) is 12.3. The Bertz CT molecular complexity index is 390. The first-order valence-corrected chi connectivity index (χ1v) is 6.87. The second-order valence-electron chi connectivity index (χ2n) is 4.65. The molecule has 0 aliphatic carbocycles. The van der Waals surface area contributed by atoms with Gasteiger partial charge in [0.25, 0.3) is 0 Å². The Morgan fingerprint density at radius 2 is 1.94 bits per heavy atom. The fourth-order valence-corrected chi connectivity index (χ4v) is 2.03. The van der Waals surface area contributed by atoms with Gasteiger partial charge in [0.15, 0.2) is 0 Å². The van der Waals surface area contributed by atoms with Crippen LogP contribution in [0.3, 0.4) is 0 Å². The lowest BCUT2D eigenvalue weighted by Crippen LogP contribution is -2.29. The van der Waals surface area contributed by atoms with Gasteiger partial charge in [-0.05, 0) is 56.9 Å². The molecule has 102 valence electrons. The van der Waals surface area contributed by atoms with Crippen LogP contribution in [0.4, 0.5) is 11.4 Å². The summed E-state index contributed by atoms with van der Waals surface area (Å²) in [6.07, 6.45) is 2.20. The van der Waals surface area contributed by atoms with Crippen LogP contribution in [0.15, 0.2) is 12.1 Å². The Hall–Kier alpha value is -1.22. The third-order valence-electron chi connectivity index (χ3n) is 3.41. The van der Waals surface area contributed by atoms with E-state index in [9.17, 15) is 0 Å². The first kappa shape index (κ1) is 14.8. The molecular formula is C15H26N2O. The van der Waals surface area contributed by atoms with Gasteiger partial charge in [0.2, 0.25) is 0 Å². The van der Waals surface area contributed by atoms with Crippen LogP contribution in [0.5, 0.6) is 0 Å². The van der Waals surface area contributed by atoms with Crippen molar-refractivity contribution in [2.75, 3.05) is 17.3 Å². The lowest BCUT2D eigenvalue weighted by atomic mass is 10.0. The first-order chi connectivity index (χ1) is 8.54. The molecule has 18 heavy (non-hydrogen) atoms. The molecule has 1 aromatic rings. The van der Waals surface area contributed by atoms with Gasteiger partial charge >= 0.3 is 0 Å². The van der Waals surface area contributed by atoms with Crippen molar-refractivity contribution < 1.29 is 4.84 Å². The van der Waals surface area contributed by atoms with Gasteiger partial charge in [-0.3, -0.25) is 9.90 Å². The summed E-state index contributed by atoms with van der Waals surface area (Å²) in [6, 6.07) is 4.03. The number of nitrogens with two attached hydrogens (primary N) is 1. The van der Waals surface area contributed by atoms with Gasteiger partial charge in [-0.2, -0.15) is 0 Å². The topological polar surface area (TPSA) is 38.5 Å². The molecule has 2 N–H and O–H groups in total. The Labute approximate surface area is 111 Å². The van der Waals surface area contributed by atoms with Crippen LogP contribution in [0.1, 0.15) is 45.2 Å². The minimum atomic E-state index is 0.229. The van der Waals surface area contributed by atoms with Crippen LogP contribution in [-0.2, 0) is 11.3 Å². The molecule has 0 radical (unpaired) electrons. The lowest BCUT2D eigenvalue weighted by Gasteiger charge is -2.28. The predicted molar refractivity (Wildman–Crippen MR) is 78.8 cm³/mol. The lowest BCUT2D eigenvalue weighted by molar-refractivity contribution is 0.0437. The van der Waals surface area contributed by atoms with Crippen molar-refractivity contribution >= 4 is 11.4 Å². The van der Waals surface area contributed by atoms with Crippen molar-refractivity contribution in [2.45, 2.75) is 53.6 Å². The van der Waals surface area contributed by atoms with Crippen LogP contribution in [0.2, 0.25) is 0 Å². The molecule has 0 amide bonds. The average molecular weight is 250 g/mol. The summed E-state index contributed by atoms with van der Waals surface area (Å²) in [6.45, 7) is 11.4. The minimum absolute atomic E-state index is 0.229. The van der Waals surface area contributed by atoms with E-state index in [-0.39, 0.29) is 6.10 Å². The van der Waals surface area contributed by atoms with Crippen LogP contribution in [0, 0.1) is 6.92 Å². The summed E-state index contributed by atoms with van der Waals surface area (Å²) in [5.74, 6) is 0.